The van der Waals surface area contributed by atoms with Crippen molar-refractivity contribution in [1.29, 1.82) is 0 Å². The minimum atomic E-state index is -0.777. The Bertz CT molecular complexity index is 286. The van der Waals surface area contributed by atoms with Gasteiger partial charge in [-0.3, -0.25) is 0 Å². The molecule has 2 fully saturated rings. The van der Waals surface area contributed by atoms with Crippen molar-refractivity contribution >= 4 is 0 Å². The summed E-state index contributed by atoms with van der Waals surface area (Å²) in [5.41, 5.74) is 0. The minimum absolute atomic E-state index is 0.246. The Kier molecular flexibility index (Phi) is 7.25. The first-order valence-electron chi connectivity index (χ1n) is 9.19. The summed E-state index contributed by atoms with van der Waals surface area (Å²) >= 11 is 0. The van der Waals surface area contributed by atoms with Gasteiger partial charge in [0.05, 0.1) is 6.10 Å². The lowest BCUT2D eigenvalue weighted by molar-refractivity contribution is -0.119. The first kappa shape index (κ1) is 17.0. The number of aliphatic hydroxyl groups excluding tert-OH is 1. The Morgan fingerprint density at radius 1 is 1.05 bits per heavy atom. The van der Waals surface area contributed by atoms with E-state index in [9.17, 15) is 5.11 Å². The molecule has 2 saturated carbocycles. The van der Waals surface area contributed by atoms with Crippen molar-refractivity contribution in [2.45, 2.75) is 89.9 Å². The summed E-state index contributed by atoms with van der Waals surface area (Å²) < 4.78 is 5.57. The van der Waals surface area contributed by atoms with Crippen LogP contribution in [0.2, 0.25) is 0 Å². The highest BCUT2D eigenvalue weighted by Crippen LogP contribution is 2.41. The quantitative estimate of drug-likeness (QED) is 0.525. The number of ether oxygens (including phenoxy) is 1. The Morgan fingerprint density at radius 3 is 2.14 bits per heavy atom. The van der Waals surface area contributed by atoms with Crippen LogP contribution in [0.25, 0.3) is 0 Å². The third kappa shape index (κ3) is 5.41. The molecule has 2 nitrogen and oxygen atoms in total. The van der Waals surface area contributed by atoms with E-state index in [1.807, 2.05) is 0 Å². The van der Waals surface area contributed by atoms with Crippen LogP contribution in [0, 0.1) is 17.8 Å². The summed E-state index contributed by atoms with van der Waals surface area (Å²) in [4.78, 5) is 0. The monoisotopic (exact) mass is 294 g/mol. The van der Waals surface area contributed by atoms with Crippen molar-refractivity contribution in [3.8, 4) is 0 Å². The molecule has 1 N–H and O–H groups in total. The zero-order valence-electron chi connectivity index (χ0n) is 13.8. The van der Waals surface area contributed by atoms with E-state index in [0.29, 0.717) is 0 Å². The van der Waals surface area contributed by atoms with Gasteiger partial charge in [0, 0.05) is 0 Å². The predicted octanol–water partition coefficient (Wildman–Crippen LogP) is 5.06. The lowest BCUT2D eigenvalue weighted by Crippen LogP contribution is -2.30. The third-order valence-electron chi connectivity index (χ3n) is 5.78. The van der Waals surface area contributed by atoms with E-state index < -0.39 is 6.29 Å². The van der Waals surface area contributed by atoms with Crippen LogP contribution >= 0.6 is 0 Å². The maximum absolute atomic E-state index is 9.48. The lowest BCUT2D eigenvalue weighted by Gasteiger charge is -2.38. The molecule has 0 saturated heterocycles. The summed E-state index contributed by atoms with van der Waals surface area (Å²) in [5, 5.41) is 9.48. The van der Waals surface area contributed by atoms with E-state index >= 15 is 0 Å². The highest BCUT2D eigenvalue weighted by Gasteiger charge is 2.31. The molecular formula is C19H34O2. The Hall–Kier alpha value is -0.340. The Morgan fingerprint density at radius 2 is 1.62 bits per heavy atom. The van der Waals surface area contributed by atoms with Crippen molar-refractivity contribution in [1.82, 2.24) is 0 Å². The van der Waals surface area contributed by atoms with Gasteiger partial charge < -0.3 is 9.84 Å². The summed E-state index contributed by atoms with van der Waals surface area (Å²) in [6.07, 6.45) is 15.8. The summed E-state index contributed by atoms with van der Waals surface area (Å²) in [7, 11) is 0. The molecule has 2 rings (SSSR count). The molecule has 1 unspecified atom stereocenters. The molecular weight excluding hydrogens is 260 g/mol. The highest BCUT2D eigenvalue weighted by atomic mass is 16.6. The van der Waals surface area contributed by atoms with E-state index in [1.54, 1.807) is 0 Å². The predicted molar refractivity (Wildman–Crippen MR) is 88.0 cm³/mol. The van der Waals surface area contributed by atoms with E-state index in [1.165, 1.54) is 63.9 Å². The molecule has 0 aromatic rings. The van der Waals surface area contributed by atoms with Crippen LogP contribution in [0.1, 0.15) is 77.6 Å². The first-order chi connectivity index (χ1) is 10.2. The molecule has 0 aromatic heterocycles. The molecule has 0 amide bonds. The molecule has 2 aliphatic carbocycles. The van der Waals surface area contributed by atoms with Crippen LogP contribution in [0.5, 0.6) is 0 Å². The third-order valence-corrected chi connectivity index (χ3v) is 5.78. The van der Waals surface area contributed by atoms with Gasteiger partial charge in [-0.2, -0.15) is 0 Å². The molecule has 0 radical (unpaired) electrons. The van der Waals surface area contributed by atoms with E-state index in [-0.39, 0.29) is 6.10 Å². The summed E-state index contributed by atoms with van der Waals surface area (Å²) in [6, 6.07) is 0. The largest absolute Gasteiger partial charge is 0.365 e. The van der Waals surface area contributed by atoms with Crippen molar-refractivity contribution in [3.05, 3.63) is 12.7 Å². The Labute approximate surface area is 131 Å². The molecule has 21 heavy (non-hydrogen) atoms. The number of unbranched alkanes of at least 4 members (excludes halogenated alkanes) is 1. The molecule has 2 heteroatoms. The maximum atomic E-state index is 9.48. The number of aliphatic hydroxyl groups is 1. The van der Waals surface area contributed by atoms with Crippen LogP contribution in [0.15, 0.2) is 12.7 Å². The van der Waals surface area contributed by atoms with Gasteiger partial charge in [0.2, 0.25) is 0 Å². The Balaban J connectivity index is 1.65. The average molecular weight is 294 g/mol. The van der Waals surface area contributed by atoms with Gasteiger partial charge in [-0.1, -0.05) is 45.6 Å². The molecule has 0 aliphatic heterocycles. The second-order valence-corrected chi connectivity index (χ2v) is 7.22. The number of hydrogen-bond donors (Lipinski definition) is 1. The summed E-state index contributed by atoms with van der Waals surface area (Å²) in [6.45, 7) is 5.87. The second-order valence-electron chi connectivity index (χ2n) is 7.22. The van der Waals surface area contributed by atoms with Crippen LogP contribution < -0.4 is 0 Å². The maximum Gasteiger partial charge on any atom is 0.174 e. The van der Waals surface area contributed by atoms with E-state index in [4.69, 9.17) is 4.74 Å². The highest BCUT2D eigenvalue weighted by molar-refractivity contribution is 4.83. The molecule has 0 aromatic carbocycles. The van der Waals surface area contributed by atoms with Crippen molar-refractivity contribution in [3.63, 3.8) is 0 Å². The SMILES string of the molecule is C=CC(O)OC1CCC(C2CCC(CCCC)CC2)CC1. The minimum Gasteiger partial charge on any atom is -0.365 e. The fourth-order valence-electron chi connectivity index (χ4n) is 4.39. The number of hydrogen-bond acceptors (Lipinski definition) is 2. The normalized spacial score (nSPS) is 35.3. The van der Waals surface area contributed by atoms with Gasteiger partial charge >= 0.3 is 0 Å². The van der Waals surface area contributed by atoms with Crippen molar-refractivity contribution < 1.29 is 9.84 Å². The average Bonchev–Trinajstić information content (AvgIpc) is 2.54. The molecule has 2 aliphatic rings. The van der Waals surface area contributed by atoms with Gasteiger partial charge in [-0.25, -0.2) is 0 Å². The van der Waals surface area contributed by atoms with E-state index in [2.05, 4.69) is 13.5 Å². The lowest BCUT2D eigenvalue weighted by atomic mass is 9.70. The fourth-order valence-corrected chi connectivity index (χ4v) is 4.39. The van der Waals surface area contributed by atoms with Gasteiger partial charge in [-0.15, -0.1) is 0 Å². The topological polar surface area (TPSA) is 29.5 Å². The van der Waals surface area contributed by atoms with Crippen molar-refractivity contribution in [2.75, 3.05) is 0 Å². The molecule has 0 heterocycles. The molecule has 0 bridgehead atoms. The zero-order chi connectivity index (χ0) is 15.1. The first-order valence-corrected chi connectivity index (χ1v) is 9.19. The molecule has 122 valence electrons. The second kappa shape index (κ2) is 8.95. The van der Waals surface area contributed by atoms with E-state index in [0.717, 1.165) is 30.6 Å². The van der Waals surface area contributed by atoms with Gasteiger partial charge in [-0.05, 0) is 62.4 Å². The van der Waals surface area contributed by atoms with Crippen LogP contribution in [-0.2, 0) is 4.74 Å². The molecule has 1 atom stereocenters. The van der Waals surface area contributed by atoms with Crippen LogP contribution in [0.3, 0.4) is 0 Å². The van der Waals surface area contributed by atoms with Gasteiger partial charge in [0.15, 0.2) is 6.29 Å². The van der Waals surface area contributed by atoms with Crippen molar-refractivity contribution in [2.24, 2.45) is 17.8 Å². The number of rotatable bonds is 7. The standard InChI is InChI=1S/C19H34O2/c1-3-5-6-15-7-9-16(10-8-15)17-11-13-18(14-12-17)21-19(20)4-2/h4,15-20H,2-3,5-14H2,1H3. The van der Waals surface area contributed by atoms with Crippen LogP contribution in [0.4, 0.5) is 0 Å². The summed E-state index contributed by atoms with van der Waals surface area (Å²) in [5.74, 6) is 2.90. The van der Waals surface area contributed by atoms with Crippen LogP contribution in [-0.4, -0.2) is 17.5 Å². The van der Waals surface area contributed by atoms with Gasteiger partial charge in [0.1, 0.15) is 0 Å². The molecule has 0 spiro atoms. The van der Waals surface area contributed by atoms with Gasteiger partial charge in [0.25, 0.3) is 0 Å². The smallest absolute Gasteiger partial charge is 0.174 e. The fraction of sp³-hybridized carbons (Fsp3) is 0.895. The zero-order valence-corrected chi connectivity index (χ0v) is 13.8.